The SMILES string of the molecule is Cc1c(C)c(C)c(C(C)(C)N)c(CN)c1C.Cl.Cl. The van der Waals surface area contributed by atoms with Crippen LogP contribution in [0.5, 0.6) is 0 Å². The van der Waals surface area contributed by atoms with E-state index in [1.807, 2.05) is 13.8 Å². The Balaban J connectivity index is 0. The maximum atomic E-state index is 6.27. The molecule has 0 heterocycles. The molecule has 0 aromatic heterocycles. The monoisotopic (exact) mass is 292 g/mol. The Morgan fingerprint density at radius 2 is 1.22 bits per heavy atom. The van der Waals surface area contributed by atoms with Gasteiger partial charge in [-0.2, -0.15) is 0 Å². The summed E-state index contributed by atoms with van der Waals surface area (Å²) in [6, 6.07) is 0. The Morgan fingerprint density at radius 1 is 0.833 bits per heavy atom. The minimum Gasteiger partial charge on any atom is -0.326 e. The normalized spacial score (nSPS) is 10.7. The van der Waals surface area contributed by atoms with E-state index < -0.39 is 0 Å². The Kier molecular flexibility index (Phi) is 7.53. The fraction of sp³-hybridized carbons (Fsp3) is 0.571. The third kappa shape index (κ3) is 3.39. The van der Waals surface area contributed by atoms with Gasteiger partial charge in [-0.3, -0.25) is 0 Å². The lowest BCUT2D eigenvalue weighted by atomic mass is 9.81. The van der Waals surface area contributed by atoms with Crippen LogP contribution in [0.2, 0.25) is 0 Å². The molecule has 2 nitrogen and oxygen atoms in total. The topological polar surface area (TPSA) is 52.0 Å². The van der Waals surface area contributed by atoms with Crippen molar-refractivity contribution < 1.29 is 0 Å². The minimum atomic E-state index is -0.331. The Morgan fingerprint density at radius 3 is 1.56 bits per heavy atom. The van der Waals surface area contributed by atoms with Crippen molar-refractivity contribution in [2.75, 3.05) is 0 Å². The molecule has 4 heteroatoms. The van der Waals surface area contributed by atoms with Gasteiger partial charge in [0.15, 0.2) is 0 Å². The molecule has 4 N–H and O–H groups in total. The van der Waals surface area contributed by atoms with Gasteiger partial charge in [0.25, 0.3) is 0 Å². The molecule has 0 unspecified atom stereocenters. The maximum absolute atomic E-state index is 6.27. The molecule has 0 aliphatic heterocycles. The fourth-order valence-electron chi connectivity index (χ4n) is 2.52. The summed E-state index contributed by atoms with van der Waals surface area (Å²) in [5, 5.41) is 0. The van der Waals surface area contributed by atoms with Crippen LogP contribution in [-0.2, 0) is 12.1 Å². The van der Waals surface area contributed by atoms with Gasteiger partial charge in [0.05, 0.1) is 0 Å². The van der Waals surface area contributed by atoms with Gasteiger partial charge in [-0.1, -0.05) is 0 Å². The molecule has 0 fully saturated rings. The van der Waals surface area contributed by atoms with E-state index >= 15 is 0 Å². The zero-order chi connectivity index (χ0) is 12.7. The molecule has 0 spiro atoms. The lowest BCUT2D eigenvalue weighted by Crippen LogP contribution is -2.32. The summed E-state index contributed by atoms with van der Waals surface area (Å²) in [7, 11) is 0. The molecular weight excluding hydrogens is 267 g/mol. The molecule has 1 aromatic carbocycles. The van der Waals surface area contributed by atoms with E-state index in [9.17, 15) is 0 Å². The molecule has 0 atom stereocenters. The molecule has 0 aliphatic rings. The summed E-state index contributed by atoms with van der Waals surface area (Å²) in [5.41, 5.74) is 19.5. The second-order valence-electron chi connectivity index (χ2n) is 5.28. The largest absolute Gasteiger partial charge is 0.326 e. The van der Waals surface area contributed by atoms with Crippen LogP contribution in [0.4, 0.5) is 0 Å². The lowest BCUT2D eigenvalue weighted by Gasteiger charge is -2.29. The van der Waals surface area contributed by atoms with Crippen LogP contribution in [0.15, 0.2) is 0 Å². The van der Waals surface area contributed by atoms with Crippen LogP contribution in [0, 0.1) is 27.7 Å². The van der Waals surface area contributed by atoms with Crippen molar-refractivity contribution in [1.82, 2.24) is 0 Å². The first-order chi connectivity index (χ1) is 7.21. The third-order valence-corrected chi connectivity index (χ3v) is 3.67. The molecule has 0 saturated carbocycles. The van der Waals surface area contributed by atoms with E-state index in [0.717, 1.165) is 0 Å². The van der Waals surface area contributed by atoms with Crippen LogP contribution >= 0.6 is 24.8 Å². The van der Waals surface area contributed by atoms with Crippen LogP contribution < -0.4 is 11.5 Å². The minimum absolute atomic E-state index is 0. The predicted molar refractivity (Wildman–Crippen MR) is 85.0 cm³/mol. The van der Waals surface area contributed by atoms with Crippen molar-refractivity contribution in [2.45, 2.75) is 53.6 Å². The number of hydrogen-bond acceptors (Lipinski definition) is 2. The van der Waals surface area contributed by atoms with Crippen LogP contribution in [0.25, 0.3) is 0 Å². The van der Waals surface area contributed by atoms with E-state index in [1.54, 1.807) is 0 Å². The molecule has 1 rings (SSSR count). The first-order valence-corrected chi connectivity index (χ1v) is 5.80. The number of rotatable bonds is 2. The Labute approximate surface area is 123 Å². The third-order valence-electron chi connectivity index (χ3n) is 3.67. The quantitative estimate of drug-likeness (QED) is 0.878. The van der Waals surface area contributed by atoms with Crippen molar-refractivity contribution in [2.24, 2.45) is 11.5 Å². The molecule has 0 radical (unpaired) electrons. The summed E-state index contributed by atoms with van der Waals surface area (Å²) in [6.07, 6.45) is 0. The van der Waals surface area contributed by atoms with Gasteiger partial charge in [0.1, 0.15) is 0 Å². The van der Waals surface area contributed by atoms with E-state index in [0.29, 0.717) is 6.54 Å². The lowest BCUT2D eigenvalue weighted by molar-refractivity contribution is 0.542. The summed E-state index contributed by atoms with van der Waals surface area (Å²) in [6.45, 7) is 13.2. The highest BCUT2D eigenvalue weighted by Crippen LogP contribution is 2.32. The van der Waals surface area contributed by atoms with Gasteiger partial charge in [-0.15, -0.1) is 24.8 Å². The van der Waals surface area contributed by atoms with Crippen LogP contribution in [0.3, 0.4) is 0 Å². The van der Waals surface area contributed by atoms with Crippen molar-refractivity contribution in [3.63, 3.8) is 0 Å². The van der Waals surface area contributed by atoms with Gasteiger partial charge in [0.2, 0.25) is 0 Å². The standard InChI is InChI=1S/C14H24N2.2ClH/c1-8-9(2)11(4)13(14(5,6)16)12(7-15)10(8)3;;/h7,15-16H2,1-6H3;2*1H. The smallest absolute Gasteiger partial charge is 0.0358 e. The molecule has 0 bridgehead atoms. The first-order valence-electron chi connectivity index (χ1n) is 5.80. The van der Waals surface area contributed by atoms with Crippen molar-refractivity contribution in [3.8, 4) is 0 Å². The fourth-order valence-corrected chi connectivity index (χ4v) is 2.52. The van der Waals surface area contributed by atoms with Gasteiger partial charge in [-0.25, -0.2) is 0 Å². The highest BCUT2D eigenvalue weighted by Gasteiger charge is 2.23. The van der Waals surface area contributed by atoms with Gasteiger partial charge in [-0.05, 0) is 74.9 Å². The maximum Gasteiger partial charge on any atom is 0.0358 e. The predicted octanol–water partition coefficient (Wildman–Crippen LogP) is 3.42. The first kappa shape index (κ1) is 20.0. The average Bonchev–Trinajstić information content (AvgIpc) is 2.18. The van der Waals surface area contributed by atoms with E-state index in [-0.39, 0.29) is 30.4 Å². The Hall–Kier alpha value is -0.280. The van der Waals surface area contributed by atoms with Crippen LogP contribution in [0.1, 0.15) is 47.2 Å². The van der Waals surface area contributed by atoms with Gasteiger partial charge >= 0.3 is 0 Å². The van der Waals surface area contributed by atoms with E-state index in [1.165, 1.54) is 33.4 Å². The van der Waals surface area contributed by atoms with Crippen LogP contribution in [-0.4, -0.2) is 0 Å². The highest BCUT2D eigenvalue weighted by atomic mass is 35.5. The van der Waals surface area contributed by atoms with E-state index in [2.05, 4.69) is 27.7 Å². The molecule has 106 valence electrons. The number of hydrogen-bond donors (Lipinski definition) is 2. The van der Waals surface area contributed by atoms with Crippen molar-refractivity contribution >= 4 is 24.8 Å². The molecule has 0 amide bonds. The zero-order valence-corrected chi connectivity index (χ0v) is 13.8. The number of benzene rings is 1. The Bertz CT molecular complexity index is 421. The van der Waals surface area contributed by atoms with E-state index in [4.69, 9.17) is 11.5 Å². The average molecular weight is 293 g/mol. The molecular formula is C14H26Cl2N2. The summed E-state index contributed by atoms with van der Waals surface area (Å²) in [4.78, 5) is 0. The molecule has 18 heavy (non-hydrogen) atoms. The molecule has 0 saturated heterocycles. The van der Waals surface area contributed by atoms with Gasteiger partial charge in [0, 0.05) is 12.1 Å². The zero-order valence-electron chi connectivity index (χ0n) is 12.2. The highest BCUT2D eigenvalue weighted by molar-refractivity contribution is 5.85. The second-order valence-corrected chi connectivity index (χ2v) is 5.28. The van der Waals surface area contributed by atoms with Crippen molar-refractivity contribution in [3.05, 3.63) is 33.4 Å². The second kappa shape index (κ2) is 6.76. The van der Waals surface area contributed by atoms with Crippen molar-refractivity contribution in [1.29, 1.82) is 0 Å². The summed E-state index contributed by atoms with van der Waals surface area (Å²) < 4.78 is 0. The van der Waals surface area contributed by atoms with Gasteiger partial charge < -0.3 is 11.5 Å². The summed E-state index contributed by atoms with van der Waals surface area (Å²) in [5.74, 6) is 0. The molecule has 1 aromatic rings. The number of nitrogens with two attached hydrogens (primary N) is 2. The number of halogens is 2. The summed E-state index contributed by atoms with van der Waals surface area (Å²) >= 11 is 0. The molecule has 0 aliphatic carbocycles.